The highest BCUT2D eigenvalue weighted by Gasteiger charge is 2.19. The van der Waals surface area contributed by atoms with E-state index in [9.17, 15) is 0 Å². The van der Waals surface area contributed by atoms with E-state index in [4.69, 9.17) is 9.73 Å². The maximum Gasteiger partial charge on any atom is 0.191 e. The van der Waals surface area contributed by atoms with Gasteiger partial charge < -0.3 is 20.3 Å². The van der Waals surface area contributed by atoms with Crippen molar-refractivity contribution in [2.45, 2.75) is 45.1 Å². The summed E-state index contributed by atoms with van der Waals surface area (Å²) >= 11 is 3.53. The van der Waals surface area contributed by atoms with Gasteiger partial charge in [-0.2, -0.15) is 0 Å². The van der Waals surface area contributed by atoms with Gasteiger partial charge in [0, 0.05) is 57.0 Å². The minimum Gasteiger partial charge on any atom is -0.385 e. The molecule has 2 N–H and O–H groups in total. The van der Waals surface area contributed by atoms with E-state index in [-0.39, 0.29) is 24.0 Å². The molecule has 1 aromatic rings. The number of rotatable bonds is 10. The molecule has 1 fully saturated rings. The minimum absolute atomic E-state index is 0. The summed E-state index contributed by atoms with van der Waals surface area (Å²) in [6, 6.07) is 9.05. The van der Waals surface area contributed by atoms with E-state index in [0.717, 1.165) is 69.0 Å². The molecule has 0 saturated carbocycles. The van der Waals surface area contributed by atoms with E-state index in [2.05, 4.69) is 62.7 Å². The van der Waals surface area contributed by atoms with Gasteiger partial charge in [0.15, 0.2) is 5.96 Å². The molecule has 1 aliphatic heterocycles. The fraction of sp³-hybridized carbons (Fsp3) is 0.667. The lowest BCUT2D eigenvalue weighted by atomic mass is 10.1. The van der Waals surface area contributed by atoms with Crippen molar-refractivity contribution < 1.29 is 4.74 Å². The lowest BCUT2D eigenvalue weighted by molar-refractivity contribution is 0.155. The molecule has 0 amide bonds. The van der Waals surface area contributed by atoms with Crippen molar-refractivity contribution >= 4 is 45.9 Å². The number of aliphatic imine (C=N–C) groups is 1. The molecule has 0 unspecified atom stereocenters. The van der Waals surface area contributed by atoms with Gasteiger partial charge in [0.05, 0.1) is 0 Å². The largest absolute Gasteiger partial charge is 0.385 e. The van der Waals surface area contributed by atoms with Gasteiger partial charge >= 0.3 is 0 Å². The standard InChI is InChI=1S/C21H35BrN4O.HI/c1-3-23-21(24-12-5-8-18-7-4-9-19(22)17-18)25-20-10-14-26(15-11-20)13-6-16-27-2;/h4,7,9,17,20H,3,5-6,8,10-16H2,1-2H3,(H2,23,24,25);1H. The Morgan fingerprint density at radius 2 is 2.07 bits per heavy atom. The predicted octanol–water partition coefficient (Wildman–Crippen LogP) is 4.06. The predicted molar refractivity (Wildman–Crippen MR) is 133 cm³/mol. The molecule has 0 aliphatic carbocycles. The summed E-state index contributed by atoms with van der Waals surface area (Å²) in [4.78, 5) is 7.32. The molecule has 5 nitrogen and oxygen atoms in total. The molecule has 2 rings (SSSR count). The normalized spacial score (nSPS) is 15.9. The Morgan fingerprint density at radius 1 is 1.29 bits per heavy atom. The van der Waals surface area contributed by atoms with E-state index in [1.165, 1.54) is 18.4 Å². The third-order valence-electron chi connectivity index (χ3n) is 4.88. The SMILES string of the molecule is CCNC(=NCCCc1cccc(Br)c1)NC1CCN(CCCOC)CC1.I. The van der Waals surface area contributed by atoms with Crippen molar-refractivity contribution in [3.05, 3.63) is 34.3 Å². The smallest absolute Gasteiger partial charge is 0.191 e. The quantitative estimate of drug-likeness (QED) is 0.194. The summed E-state index contributed by atoms with van der Waals surface area (Å²) < 4.78 is 6.29. The van der Waals surface area contributed by atoms with Crippen LogP contribution in [0.25, 0.3) is 0 Å². The van der Waals surface area contributed by atoms with E-state index >= 15 is 0 Å². The molecule has 1 aromatic carbocycles. The van der Waals surface area contributed by atoms with E-state index in [1.807, 2.05) is 0 Å². The minimum atomic E-state index is 0. The van der Waals surface area contributed by atoms with Crippen molar-refractivity contribution in [2.75, 3.05) is 46.4 Å². The monoisotopic (exact) mass is 566 g/mol. The number of hydrogen-bond donors (Lipinski definition) is 2. The van der Waals surface area contributed by atoms with Crippen molar-refractivity contribution in [3.63, 3.8) is 0 Å². The van der Waals surface area contributed by atoms with Crippen LogP contribution in [0.15, 0.2) is 33.7 Å². The number of methoxy groups -OCH3 is 1. The van der Waals surface area contributed by atoms with Crippen LogP contribution in [-0.2, 0) is 11.2 Å². The molecule has 0 bridgehead atoms. The second-order valence-electron chi connectivity index (χ2n) is 7.10. The zero-order chi connectivity index (χ0) is 19.3. The number of hydrogen-bond acceptors (Lipinski definition) is 3. The number of nitrogens with zero attached hydrogens (tertiary/aromatic N) is 2. The Labute approximate surface area is 196 Å². The molecular formula is C21H36BrIN4O. The number of aryl methyl sites for hydroxylation is 1. The summed E-state index contributed by atoms with van der Waals surface area (Å²) in [6.07, 6.45) is 5.59. The van der Waals surface area contributed by atoms with Gasteiger partial charge in [-0.05, 0) is 56.7 Å². The Hall–Kier alpha value is -0.380. The highest BCUT2D eigenvalue weighted by molar-refractivity contribution is 14.0. The van der Waals surface area contributed by atoms with Gasteiger partial charge in [0.1, 0.15) is 0 Å². The maximum absolute atomic E-state index is 5.15. The highest BCUT2D eigenvalue weighted by Crippen LogP contribution is 2.13. The number of likely N-dealkylation sites (tertiary alicyclic amines) is 1. The molecule has 1 aliphatic rings. The van der Waals surface area contributed by atoms with E-state index in [0.29, 0.717) is 6.04 Å². The first-order valence-electron chi connectivity index (χ1n) is 10.2. The topological polar surface area (TPSA) is 48.9 Å². The van der Waals surface area contributed by atoms with E-state index < -0.39 is 0 Å². The molecule has 1 saturated heterocycles. The van der Waals surface area contributed by atoms with Crippen molar-refractivity contribution in [3.8, 4) is 0 Å². The lowest BCUT2D eigenvalue weighted by Crippen LogP contribution is -2.48. The van der Waals surface area contributed by atoms with Crippen LogP contribution in [0.2, 0.25) is 0 Å². The third-order valence-corrected chi connectivity index (χ3v) is 5.37. The number of nitrogens with one attached hydrogen (secondary N) is 2. The van der Waals surface area contributed by atoms with E-state index in [1.54, 1.807) is 7.11 Å². The first-order chi connectivity index (χ1) is 13.2. The number of ether oxygens (including phenoxy) is 1. The van der Waals surface area contributed by atoms with Gasteiger partial charge in [-0.3, -0.25) is 4.99 Å². The number of guanidine groups is 1. The van der Waals surface area contributed by atoms with Crippen molar-refractivity contribution in [1.82, 2.24) is 15.5 Å². The van der Waals surface area contributed by atoms with Crippen LogP contribution in [0.1, 0.15) is 38.2 Å². The van der Waals surface area contributed by atoms with Crippen LogP contribution >= 0.6 is 39.9 Å². The van der Waals surface area contributed by atoms with Crippen LogP contribution < -0.4 is 10.6 Å². The first kappa shape index (κ1) is 25.7. The average molecular weight is 567 g/mol. The fourth-order valence-corrected chi connectivity index (χ4v) is 3.86. The molecule has 28 heavy (non-hydrogen) atoms. The Bertz CT molecular complexity index is 565. The molecule has 1 heterocycles. The molecular weight excluding hydrogens is 531 g/mol. The summed E-state index contributed by atoms with van der Waals surface area (Å²) in [5, 5.41) is 7.02. The van der Waals surface area contributed by atoms with Crippen LogP contribution in [0, 0.1) is 0 Å². The fourth-order valence-electron chi connectivity index (χ4n) is 3.41. The third kappa shape index (κ3) is 10.4. The van der Waals surface area contributed by atoms with Gasteiger partial charge in [-0.1, -0.05) is 28.1 Å². The second-order valence-corrected chi connectivity index (χ2v) is 8.02. The van der Waals surface area contributed by atoms with Crippen LogP contribution in [0.4, 0.5) is 0 Å². The number of benzene rings is 1. The van der Waals surface area contributed by atoms with Crippen LogP contribution in [-0.4, -0.2) is 63.3 Å². The van der Waals surface area contributed by atoms with Crippen LogP contribution in [0.5, 0.6) is 0 Å². The molecule has 0 atom stereocenters. The van der Waals surface area contributed by atoms with Gasteiger partial charge in [0.2, 0.25) is 0 Å². The summed E-state index contributed by atoms with van der Waals surface area (Å²) in [7, 11) is 1.77. The first-order valence-corrected chi connectivity index (χ1v) is 11.0. The molecule has 0 spiro atoms. The second kappa shape index (κ2) is 15.5. The van der Waals surface area contributed by atoms with Crippen LogP contribution in [0.3, 0.4) is 0 Å². The maximum atomic E-state index is 5.15. The summed E-state index contributed by atoms with van der Waals surface area (Å²) in [6.45, 7) is 8.18. The zero-order valence-electron chi connectivity index (χ0n) is 17.3. The summed E-state index contributed by atoms with van der Waals surface area (Å²) in [5.41, 5.74) is 1.36. The van der Waals surface area contributed by atoms with Gasteiger partial charge in [-0.25, -0.2) is 0 Å². The number of piperidine rings is 1. The highest BCUT2D eigenvalue weighted by atomic mass is 127. The molecule has 7 heteroatoms. The summed E-state index contributed by atoms with van der Waals surface area (Å²) in [5.74, 6) is 0.963. The van der Waals surface area contributed by atoms with Gasteiger partial charge in [0.25, 0.3) is 0 Å². The average Bonchev–Trinajstić information content (AvgIpc) is 2.67. The molecule has 160 valence electrons. The zero-order valence-corrected chi connectivity index (χ0v) is 21.2. The van der Waals surface area contributed by atoms with Crippen molar-refractivity contribution in [2.24, 2.45) is 4.99 Å². The number of halogens is 2. The Balaban J connectivity index is 0.00000392. The molecule has 0 aromatic heterocycles. The Kier molecular flexibility index (Phi) is 14.2. The lowest BCUT2D eigenvalue weighted by Gasteiger charge is -2.33. The Morgan fingerprint density at radius 3 is 2.75 bits per heavy atom. The van der Waals surface area contributed by atoms with Crippen molar-refractivity contribution in [1.29, 1.82) is 0 Å². The molecule has 0 radical (unpaired) electrons. The van der Waals surface area contributed by atoms with Gasteiger partial charge in [-0.15, -0.1) is 24.0 Å².